The Morgan fingerprint density at radius 3 is 2.59 bits per heavy atom. The number of aliphatic imine (C=N–C) groups is 1. The Labute approximate surface area is 160 Å². The Morgan fingerprint density at radius 1 is 1.07 bits per heavy atom. The third-order valence-corrected chi connectivity index (χ3v) is 4.45. The molecular weight excluding hydrogens is 338 g/mol. The quantitative estimate of drug-likeness (QED) is 0.423. The second kappa shape index (κ2) is 9.78. The molecule has 3 rings (SSSR count). The number of nitrogens with zero attached hydrogens (tertiary/aromatic N) is 1. The molecule has 1 unspecified atom stereocenters. The highest BCUT2D eigenvalue weighted by Crippen LogP contribution is 2.19. The molecule has 5 nitrogen and oxygen atoms in total. The molecule has 0 aliphatic carbocycles. The number of guanidine groups is 1. The maximum atomic E-state index is 9.69. The molecular formula is C22H27N3O2. The van der Waals surface area contributed by atoms with Gasteiger partial charge < -0.3 is 20.2 Å². The summed E-state index contributed by atoms with van der Waals surface area (Å²) >= 11 is 0. The van der Waals surface area contributed by atoms with Gasteiger partial charge in [-0.15, -0.1) is 0 Å². The molecule has 3 aromatic rings. The summed E-state index contributed by atoms with van der Waals surface area (Å²) in [5.41, 5.74) is 2.02. The van der Waals surface area contributed by atoms with Crippen LogP contribution >= 0.6 is 0 Å². The van der Waals surface area contributed by atoms with Crippen molar-refractivity contribution in [3.05, 3.63) is 72.0 Å². The molecule has 0 saturated heterocycles. The van der Waals surface area contributed by atoms with E-state index in [9.17, 15) is 5.11 Å². The lowest BCUT2D eigenvalue weighted by Crippen LogP contribution is -2.38. The van der Waals surface area contributed by atoms with E-state index >= 15 is 0 Å². The van der Waals surface area contributed by atoms with Gasteiger partial charge in [-0.1, -0.05) is 48.5 Å². The number of para-hydroxylation sites is 1. The highest BCUT2D eigenvalue weighted by molar-refractivity contribution is 5.80. The number of nitrogens with one attached hydrogen (secondary N) is 2. The van der Waals surface area contributed by atoms with Crippen molar-refractivity contribution >= 4 is 16.9 Å². The molecule has 27 heavy (non-hydrogen) atoms. The number of aliphatic hydroxyl groups is 1. The smallest absolute Gasteiger partial charge is 0.191 e. The molecule has 142 valence electrons. The first-order valence-corrected chi connectivity index (χ1v) is 9.45. The summed E-state index contributed by atoms with van der Waals surface area (Å²) in [4.78, 5) is 4.64. The second-order valence-corrected chi connectivity index (χ2v) is 6.44. The van der Waals surface area contributed by atoms with Crippen molar-refractivity contribution in [3.8, 4) is 0 Å². The van der Waals surface area contributed by atoms with Gasteiger partial charge >= 0.3 is 0 Å². The number of benzene rings is 2. The van der Waals surface area contributed by atoms with Crippen LogP contribution in [-0.4, -0.2) is 37.3 Å². The van der Waals surface area contributed by atoms with Crippen LogP contribution in [0.2, 0.25) is 0 Å². The number of aliphatic hydroxyl groups excluding tert-OH is 1. The lowest BCUT2D eigenvalue weighted by Gasteiger charge is -2.15. The molecule has 0 bridgehead atoms. The van der Waals surface area contributed by atoms with Crippen LogP contribution in [-0.2, 0) is 6.42 Å². The van der Waals surface area contributed by atoms with E-state index in [2.05, 4.69) is 27.8 Å². The Bertz CT molecular complexity index is 825. The molecule has 0 spiro atoms. The molecule has 0 amide bonds. The number of hydrogen-bond donors (Lipinski definition) is 3. The van der Waals surface area contributed by atoms with Crippen LogP contribution in [0.4, 0.5) is 0 Å². The fourth-order valence-corrected chi connectivity index (χ4v) is 3.00. The first-order valence-electron chi connectivity index (χ1n) is 9.45. The van der Waals surface area contributed by atoms with E-state index in [0.29, 0.717) is 6.54 Å². The van der Waals surface area contributed by atoms with Gasteiger partial charge in [0.15, 0.2) is 5.96 Å². The van der Waals surface area contributed by atoms with Crippen LogP contribution in [0.25, 0.3) is 11.0 Å². The summed E-state index contributed by atoms with van der Waals surface area (Å²) in [6.07, 6.45) is 0.779. The van der Waals surface area contributed by atoms with Crippen LogP contribution in [0.15, 0.2) is 70.1 Å². The maximum Gasteiger partial charge on any atom is 0.191 e. The van der Waals surface area contributed by atoms with E-state index in [-0.39, 0.29) is 12.5 Å². The molecule has 1 heterocycles. The Morgan fingerprint density at radius 2 is 1.85 bits per heavy atom. The standard InChI is InChI=1S/C22H27N3O2/c1-2-23-22(25-15-19(16-26)17-8-4-3-5-9-17)24-13-12-20-14-18-10-6-7-11-21(18)27-20/h3-11,14,19,26H,2,12-13,15-16H2,1H3,(H2,23,24,25). The van der Waals surface area contributed by atoms with E-state index in [0.717, 1.165) is 47.8 Å². The van der Waals surface area contributed by atoms with Crippen molar-refractivity contribution in [1.29, 1.82) is 0 Å². The summed E-state index contributed by atoms with van der Waals surface area (Å²) in [6.45, 7) is 4.15. The van der Waals surface area contributed by atoms with Gasteiger partial charge in [-0.25, -0.2) is 0 Å². The Hall–Kier alpha value is -2.79. The number of hydrogen-bond acceptors (Lipinski definition) is 3. The van der Waals surface area contributed by atoms with Crippen molar-refractivity contribution in [2.45, 2.75) is 19.3 Å². The minimum absolute atomic E-state index is 0.00275. The second-order valence-electron chi connectivity index (χ2n) is 6.44. The van der Waals surface area contributed by atoms with Crippen molar-refractivity contribution in [2.75, 3.05) is 26.2 Å². The topological polar surface area (TPSA) is 69.8 Å². The first-order chi connectivity index (χ1) is 13.3. The van der Waals surface area contributed by atoms with Crippen LogP contribution in [0.5, 0.6) is 0 Å². The molecule has 2 aromatic carbocycles. The van der Waals surface area contributed by atoms with Gasteiger partial charge in [-0.05, 0) is 24.6 Å². The normalized spacial score (nSPS) is 12.9. The van der Waals surface area contributed by atoms with Crippen LogP contribution in [0.3, 0.4) is 0 Å². The van der Waals surface area contributed by atoms with Crippen molar-refractivity contribution in [3.63, 3.8) is 0 Å². The summed E-state index contributed by atoms with van der Waals surface area (Å²) in [6, 6.07) is 20.1. The van der Waals surface area contributed by atoms with Crippen molar-refractivity contribution in [1.82, 2.24) is 10.6 Å². The van der Waals surface area contributed by atoms with Gasteiger partial charge in [0.05, 0.1) is 13.2 Å². The largest absolute Gasteiger partial charge is 0.461 e. The average molecular weight is 365 g/mol. The van der Waals surface area contributed by atoms with Gasteiger partial charge in [0.25, 0.3) is 0 Å². The zero-order valence-electron chi connectivity index (χ0n) is 15.7. The number of fused-ring (bicyclic) bond motifs is 1. The Kier molecular flexibility index (Phi) is 6.88. The minimum atomic E-state index is -0.00275. The molecule has 0 aliphatic rings. The minimum Gasteiger partial charge on any atom is -0.461 e. The summed E-state index contributed by atoms with van der Waals surface area (Å²) < 4.78 is 5.85. The predicted molar refractivity (Wildman–Crippen MR) is 110 cm³/mol. The lowest BCUT2D eigenvalue weighted by atomic mass is 10.0. The highest BCUT2D eigenvalue weighted by Gasteiger charge is 2.10. The number of rotatable bonds is 8. The SMILES string of the molecule is CCNC(=NCC(CO)c1ccccc1)NCCc1cc2ccccc2o1. The highest BCUT2D eigenvalue weighted by atomic mass is 16.3. The summed E-state index contributed by atoms with van der Waals surface area (Å²) in [5.74, 6) is 1.71. The molecule has 0 aliphatic heterocycles. The molecule has 1 aromatic heterocycles. The van der Waals surface area contributed by atoms with Gasteiger partial charge in [0.1, 0.15) is 11.3 Å². The van der Waals surface area contributed by atoms with E-state index in [1.165, 1.54) is 0 Å². The molecule has 5 heteroatoms. The molecule has 0 saturated carbocycles. The predicted octanol–water partition coefficient (Wildman–Crippen LogP) is 3.31. The van der Waals surface area contributed by atoms with Gasteiger partial charge in [-0.2, -0.15) is 0 Å². The third-order valence-electron chi connectivity index (χ3n) is 4.45. The fourth-order valence-electron chi connectivity index (χ4n) is 3.00. The van der Waals surface area contributed by atoms with Crippen LogP contribution in [0, 0.1) is 0 Å². The monoisotopic (exact) mass is 365 g/mol. The molecule has 0 fully saturated rings. The lowest BCUT2D eigenvalue weighted by molar-refractivity contribution is 0.268. The van der Waals surface area contributed by atoms with Gasteiger partial charge in [0, 0.05) is 30.8 Å². The van der Waals surface area contributed by atoms with Crippen molar-refractivity contribution < 1.29 is 9.52 Å². The van der Waals surface area contributed by atoms with Crippen LogP contribution in [0.1, 0.15) is 24.2 Å². The van der Waals surface area contributed by atoms with Gasteiger partial charge in [-0.3, -0.25) is 4.99 Å². The Balaban J connectivity index is 1.56. The maximum absolute atomic E-state index is 9.69. The van der Waals surface area contributed by atoms with Gasteiger partial charge in [0.2, 0.25) is 0 Å². The van der Waals surface area contributed by atoms with E-state index in [1.807, 2.05) is 55.5 Å². The third kappa shape index (κ3) is 5.34. The van der Waals surface area contributed by atoms with E-state index < -0.39 is 0 Å². The first kappa shape index (κ1) is 19.0. The summed E-state index contributed by atoms with van der Waals surface area (Å²) in [7, 11) is 0. The molecule has 1 atom stereocenters. The number of furan rings is 1. The average Bonchev–Trinajstić information content (AvgIpc) is 3.12. The summed E-state index contributed by atoms with van der Waals surface area (Å²) in [5, 5.41) is 17.4. The molecule has 0 radical (unpaired) electrons. The zero-order chi connectivity index (χ0) is 18.9. The zero-order valence-corrected chi connectivity index (χ0v) is 15.7. The molecule has 3 N–H and O–H groups in total. The van der Waals surface area contributed by atoms with Crippen LogP contribution < -0.4 is 10.6 Å². The van der Waals surface area contributed by atoms with E-state index in [4.69, 9.17) is 4.42 Å². The van der Waals surface area contributed by atoms with E-state index in [1.54, 1.807) is 0 Å². The van der Waals surface area contributed by atoms with Crippen molar-refractivity contribution in [2.24, 2.45) is 4.99 Å². The fraction of sp³-hybridized carbons (Fsp3) is 0.318.